The van der Waals surface area contributed by atoms with E-state index in [2.05, 4.69) is 39.5 Å². The average molecular weight is 501 g/mol. The molecule has 0 aromatic rings. The fourth-order valence-electron chi connectivity index (χ4n) is 9.94. The number of ketones is 1. The molecule has 2 amide bonds. The molecule has 9 unspecified atom stereocenters. The SMILES string of the molecule is CC(N)=O.CC1CCCC2(C)C1CCC1(C)C3CCC4(C)CCC(C(=O)N(C)O)CC4C3=CC(=O)C12. The van der Waals surface area contributed by atoms with Gasteiger partial charge in [-0.2, -0.15) is 0 Å². The van der Waals surface area contributed by atoms with Gasteiger partial charge in [0.15, 0.2) is 5.78 Å². The van der Waals surface area contributed by atoms with E-state index in [1.54, 1.807) is 0 Å². The number of hydrogen-bond acceptors (Lipinski definition) is 4. The predicted molar refractivity (Wildman–Crippen MR) is 140 cm³/mol. The van der Waals surface area contributed by atoms with Crippen LogP contribution in [0.1, 0.15) is 98.8 Å². The first-order valence-corrected chi connectivity index (χ1v) is 14.2. The third-order valence-electron chi connectivity index (χ3n) is 11.5. The molecule has 0 radical (unpaired) electrons. The number of nitrogens with zero attached hydrogens (tertiary/aromatic N) is 1. The number of hydrogen-bond donors (Lipinski definition) is 2. The summed E-state index contributed by atoms with van der Waals surface area (Å²) in [6.45, 7) is 11.0. The van der Waals surface area contributed by atoms with Crippen LogP contribution in [0.2, 0.25) is 0 Å². The second kappa shape index (κ2) is 9.56. The monoisotopic (exact) mass is 500 g/mol. The van der Waals surface area contributed by atoms with Crippen molar-refractivity contribution in [1.82, 2.24) is 5.06 Å². The zero-order chi connectivity index (χ0) is 26.6. The summed E-state index contributed by atoms with van der Waals surface area (Å²) >= 11 is 0. The summed E-state index contributed by atoms with van der Waals surface area (Å²) in [6.07, 6.45) is 13.3. The zero-order valence-electron chi connectivity index (χ0n) is 23.3. The number of fused-ring (bicyclic) bond motifs is 7. The summed E-state index contributed by atoms with van der Waals surface area (Å²) < 4.78 is 0. The maximum Gasteiger partial charge on any atom is 0.248 e. The van der Waals surface area contributed by atoms with E-state index >= 15 is 0 Å². The highest BCUT2D eigenvalue weighted by Crippen LogP contribution is 2.69. The Morgan fingerprint density at radius 2 is 1.64 bits per heavy atom. The molecule has 6 heteroatoms. The standard InChI is InChI=1S/C28H43NO3.C2H5NO/c1-17-7-6-11-27(3)20(17)10-14-28(4)21-9-13-26(2)12-8-18(25(31)29(5)32)15-22(26)19(21)16-23(30)24(27)28;1-2(3)4/h16-18,20-22,24,32H,6-15H2,1-5H3;1H3,(H2,3,4). The highest BCUT2D eigenvalue weighted by molar-refractivity contribution is 5.95. The van der Waals surface area contributed by atoms with Crippen LogP contribution in [0.5, 0.6) is 0 Å². The molecule has 5 rings (SSSR count). The van der Waals surface area contributed by atoms with Crippen LogP contribution in [0.3, 0.4) is 0 Å². The molecule has 36 heavy (non-hydrogen) atoms. The Kier molecular flexibility index (Phi) is 7.26. The van der Waals surface area contributed by atoms with Crippen molar-refractivity contribution in [1.29, 1.82) is 0 Å². The maximum absolute atomic E-state index is 14.0. The molecule has 202 valence electrons. The van der Waals surface area contributed by atoms with Gasteiger partial charge < -0.3 is 5.73 Å². The van der Waals surface area contributed by atoms with Crippen molar-refractivity contribution in [2.45, 2.75) is 98.8 Å². The summed E-state index contributed by atoms with van der Waals surface area (Å²) in [5.74, 6) is 2.09. The lowest BCUT2D eigenvalue weighted by molar-refractivity contribution is -0.168. The minimum Gasteiger partial charge on any atom is -0.370 e. The molecule has 9 atom stereocenters. The van der Waals surface area contributed by atoms with Crippen molar-refractivity contribution >= 4 is 17.6 Å². The second-order valence-electron chi connectivity index (χ2n) is 13.7. The van der Waals surface area contributed by atoms with Gasteiger partial charge in [-0.05, 0) is 97.4 Å². The molecule has 0 spiro atoms. The van der Waals surface area contributed by atoms with Crippen LogP contribution in [0, 0.1) is 51.8 Å². The molecule has 0 bridgehead atoms. The third kappa shape index (κ3) is 4.35. The van der Waals surface area contributed by atoms with E-state index in [0.29, 0.717) is 23.5 Å². The number of carbonyl (C=O) groups excluding carboxylic acids is 3. The Balaban J connectivity index is 0.000000709. The van der Waals surface area contributed by atoms with E-state index in [4.69, 9.17) is 0 Å². The van der Waals surface area contributed by atoms with Crippen LogP contribution in [-0.4, -0.2) is 34.9 Å². The molecule has 3 N–H and O–H groups in total. The Hall–Kier alpha value is -1.69. The Labute approximate surface area is 217 Å². The smallest absolute Gasteiger partial charge is 0.248 e. The van der Waals surface area contributed by atoms with E-state index < -0.39 is 0 Å². The lowest BCUT2D eigenvalue weighted by Gasteiger charge is -2.65. The van der Waals surface area contributed by atoms with Crippen LogP contribution in [-0.2, 0) is 14.4 Å². The molecule has 0 aliphatic heterocycles. The number of nitrogens with two attached hydrogens (primary N) is 1. The maximum atomic E-state index is 14.0. The Morgan fingerprint density at radius 1 is 1.00 bits per heavy atom. The van der Waals surface area contributed by atoms with Gasteiger partial charge in [0.05, 0.1) is 0 Å². The topological polar surface area (TPSA) is 101 Å². The second-order valence-corrected chi connectivity index (χ2v) is 13.7. The lowest BCUT2D eigenvalue weighted by atomic mass is 9.39. The van der Waals surface area contributed by atoms with Crippen molar-refractivity contribution in [3.05, 3.63) is 11.6 Å². The van der Waals surface area contributed by atoms with Gasteiger partial charge in [-0.25, -0.2) is 5.06 Å². The van der Waals surface area contributed by atoms with E-state index in [9.17, 15) is 19.6 Å². The molecule has 5 aliphatic carbocycles. The van der Waals surface area contributed by atoms with Crippen molar-refractivity contribution in [3.63, 3.8) is 0 Å². The fraction of sp³-hybridized carbons (Fsp3) is 0.833. The molecule has 4 saturated carbocycles. The number of amides is 2. The predicted octanol–water partition coefficient (Wildman–Crippen LogP) is 5.53. The molecule has 0 aromatic carbocycles. The van der Waals surface area contributed by atoms with E-state index in [0.717, 1.165) is 30.2 Å². The first-order valence-electron chi connectivity index (χ1n) is 14.2. The molecule has 0 heterocycles. The summed E-state index contributed by atoms with van der Waals surface area (Å²) in [7, 11) is 1.44. The first-order chi connectivity index (χ1) is 16.7. The quantitative estimate of drug-likeness (QED) is 0.365. The largest absolute Gasteiger partial charge is 0.370 e. The van der Waals surface area contributed by atoms with Crippen molar-refractivity contribution < 1.29 is 19.6 Å². The van der Waals surface area contributed by atoms with Gasteiger partial charge >= 0.3 is 0 Å². The van der Waals surface area contributed by atoms with Crippen LogP contribution in [0.4, 0.5) is 0 Å². The summed E-state index contributed by atoms with van der Waals surface area (Å²) in [6, 6.07) is 0. The minimum absolute atomic E-state index is 0.0511. The van der Waals surface area contributed by atoms with Crippen molar-refractivity contribution in [2.24, 2.45) is 57.5 Å². The third-order valence-corrected chi connectivity index (χ3v) is 11.5. The number of hydroxylamine groups is 2. The fourth-order valence-corrected chi connectivity index (χ4v) is 9.94. The molecule has 0 saturated heterocycles. The molecular formula is C30H48N2O4. The number of primary amides is 1. The molecular weight excluding hydrogens is 452 g/mol. The lowest BCUT2D eigenvalue weighted by Crippen LogP contribution is -2.60. The first kappa shape index (κ1) is 27.3. The van der Waals surface area contributed by atoms with Gasteiger partial charge in [0.2, 0.25) is 11.8 Å². The normalized spacial score (nSPS) is 45.4. The molecule has 4 fully saturated rings. The van der Waals surface area contributed by atoms with Crippen LogP contribution >= 0.6 is 0 Å². The Morgan fingerprint density at radius 3 is 2.28 bits per heavy atom. The van der Waals surface area contributed by atoms with Crippen LogP contribution in [0.15, 0.2) is 11.6 Å². The van der Waals surface area contributed by atoms with Gasteiger partial charge in [-0.15, -0.1) is 0 Å². The highest BCUT2D eigenvalue weighted by atomic mass is 16.5. The van der Waals surface area contributed by atoms with E-state index in [-0.39, 0.29) is 39.9 Å². The summed E-state index contributed by atoms with van der Waals surface area (Å²) in [4.78, 5) is 35.8. The Bertz CT molecular complexity index is 939. The highest BCUT2D eigenvalue weighted by Gasteiger charge is 2.64. The van der Waals surface area contributed by atoms with Crippen molar-refractivity contribution in [3.8, 4) is 0 Å². The van der Waals surface area contributed by atoms with E-state index in [1.807, 2.05) is 0 Å². The van der Waals surface area contributed by atoms with E-state index in [1.165, 1.54) is 64.5 Å². The minimum atomic E-state index is -0.333. The number of carbonyl (C=O) groups is 3. The molecule has 0 aromatic heterocycles. The molecule has 5 aliphatic rings. The van der Waals surface area contributed by atoms with Gasteiger partial charge in [-0.1, -0.05) is 46.1 Å². The molecule has 6 nitrogen and oxygen atoms in total. The van der Waals surface area contributed by atoms with Crippen LogP contribution in [0.25, 0.3) is 0 Å². The number of rotatable bonds is 1. The van der Waals surface area contributed by atoms with Crippen molar-refractivity contribution in [2.75, 3.05) is 7.05 Å². The van der Waals surface area contributed by atoms with Gasteiger partial charge in [-0.3, -0.25) is 19.6 Å². The average Bonchev–Trinajstić information content (AvgIpc) is 2.77. The summed E-state index contributed by atoms with van der Waals surface area (Å²) in [5, 5.41) is 10.6. The van der Waals surface area contributed by atoms with Gasteiger partial charge in [0, 0.05) is 25.8 Å². The zero-order valence-corrected chi connectivity index (χ0v) is 23.3. The number of allylic oxidation sites excluding steroid dienone is 2. The summed E-state index contributed by atoms with van der Waals surface area (Å²) in [5.41, 5.74) is 6.20. The van der Waals surface area contributed by atoms with Gasteiger partial charge in [0.25, 0.3) is 0 Å². The van der Waals surface area contributed by atoms with Gasteiger partial charge in [0.1, 0.15) is 0 Å². The van der Waals surface area contributed by atoms with Crippen LogP contribution < -0.4 is 5.73 Å².